The molecule has 1 aliphatic rings. The Bertz CT molecular complexity index is 1940. The molecular formula is C35H35Cl2FN8O. The summed E-state index contributed by atoms with van der Waals surface area (Å²) in [6.07, 6.45) is 5.47. The lowest BCUT2D eigenvalue weighted by atomic mass is 9.98. The van der Waals surface area contributed by atoms with Gasteiger partial charge in [-0.15, -0.1) is 5.10 Å². The van der Waals surface area contributed by atoms with Crippen molar-refractivity contribution >= 4 is 51.2 Å². The van der Waals surface area contributed by atoms with E-state index in [1.165, 1.54) is 18.3 Å². The first kappa shape index (κ1) is 32.5. The van der Waals surface area contributed by atoms with Gasteiger partial charge in [0.1, 0.15) is 23.3 Å². The number of halogens is 3. The number of pyridine rings is 1. The number of nitriles is 1. The number of nitrogens with zero attached hydrogens (tertiary/aromatic N) is 6. The second-order valence-corrected chi connectivity index (χ2v) is 13.5. The maximum absolute atomic E-state index is 13.9. The van der Waals surface area contributed by atoms with Crippen LogP contribution in [0.1, 0.15) is 62.5 Å². The Morgan fingerprint density at radius 3 is 2.47 bits per heavy atom. The highest BCUT2D eigenvalue weighted by molar-refractivity contribution is 6.31. The Hall–Kier alpha value is -4.43. The molecule has 0 aliphatic carbocycles. The van der Waals surface area contributed by atoms with Crippen molar-refractivity contribution in [2.24, 2.45) is 0 Å². The highest BCUT2D eigenvalue weighted by Crippen LogP contribution is 2.39. The van der Waals surface area contributed by atoms with Crippen molar-refractivity contribution in [3.8, 4) is 11.8 Å². The molecule has 0 spiro atoms. The molecule has 1 saturated heterocycles. The Balaban J connectivity index is 1.38. The standard InChI is InChI=1S/C35H35Cl2FN8O/c1-35(2,3)45-13-11-25(12-14-45)46-20-31(43-44-46)34(21-5-7-23(36)8-6-21)42-30-16-26-29(17-32(30)47-4)40-19-22(18-39)33(26)41-24-9-10-28(38)27(37)15-24/h5-10,15-17,19-20,25,34,42H,11-14H2,1-4H3,(H,40,41)/t34-/m0/s1. The normalized spacial score (nSPS) is 14.9. The molecule has 0 saturated carbocycles. The number of nitrogens with one attached hydrogen (secondary N) is 2. The van der Waals surface area contributed by atoms with Crippen LogP contribution in [0.2, 0.25) is 10.0 Å². The van der Waals surface area contributed by atoms with Gasteiger partial charge in [0.05, 0.1) is 52.9 Å². The topological polar surface area (TPSA) is 104 Å². The number of methoxy groups -OCH3 is 1. The third-order valence-electron chi connectivity index (χ3n) is 8.61. The van der Waals surface area contributed by atoms with E-state index in [9.17, 15) is 9.65 Å². The average molecular weight is 674 g/mol. The summed E-state index contributed by atoms with van der Waals surface area (Å²) >= 11 is 12.3. The molecule has 6 rings (SSSR count). The second kappa shape index (κ2) is 13.4. The van der Waals surface area contributed by atoms with E-state index >= 15 is 0 Å². The molecule has 5 aromatic rings. The SMILES string of the molecule is COc1cc2ncc(C#N)c(Nc3ccc(F)c(Cl)c3)c2cc1N[C@@H](c1ccc(Cl)cc1)c1cn(C2CCN(C(C)(C)C)CC2)nn1. The van der Waals surface area contributed by atoms with Crippen molar-refractivity contribution in [3.05, 3.63) is 99.7 Å². The van der Waals surface area contributed by atoms with Crippen molar-refractivity contribution in [3.63, 3.8) is 0 Å². The first-order valence-electron chi connectivity index (χ1n) is 15.4. The predicted molar refractivity (Wildman–Crippen MR) is 184 cm³/mol. The van der Waals surface area contributed by atoms with Gasteiger partial charge in [0, 0.05) is 47.0 Å². The summed E-state index contributed by atoms with van der Waals surface area (Å²) in [6, 6.07) is 17.6. The van der Waals surface area contributed by atoms with Crippen LogP contribution >= 0.6 is 23.2 Å². The second-order valence-electron chi connectivity index (χ2n) is 12.6. The molecule has 12 heteroatoms. The number of rotatable bonds is 8. The van der Waals surface area contributed by atoms with Crippen LogP contribution in [0.15, 0.2) is 67.0 Å². The third-order valence-corrected chi connectivity index (χ3v) is 9.15. The monoisotopic (exact) mass is 672 g/mol. The lowest BCUT2D eigenvalue weighted by Gasteiger charge is -2.40. The highest BCUT2D eigenvalue weighted by atomic mass is 35.5. The summed E-state index contributed by atoms with van der Waals surface area (Å²) < 4.78 is 21.7. The minimum Gasteiger partial charge on any atom is -0.495 e. The number of anilines is 3. The third kappa shape index (κ3) is 6.98. The van der Waals surface area contributed by atoms with Gasteiger partial charge in [-0.25, -0.2) is 9.07 Å². The molecule has 0 radical (unpaired) electrons. The molecule has 2 aromatic heterocycles. The molecule has 47 heavy (non-hydrogen) atoms. The predicted octanol–water partition coefficient (Wildman–Crippen LogP) is 8.53. The van der Waals surface area contributed by atoms with Crippen LogP contribution in [-0.2, 0) is 0 Å². The number of benzene rings is 3. The smallest absolute Gasteiger partial charge is 0.144 e. The highest BCUT2D eigenvalue weighted by Gasteiger charge is 2.29. The lowest BCUT2D eigenvalue weighted by molar-refractivity contribution is 0.0866. The van der Waals surface area contributed by atoms with Crippen molar-refractivity contribution in [1.82, 2.24) is 24.9 Å². The number of aromatic nitrogens is 4. The average Bonchev–Trinajstić information content (AvgIpc) is 3.55. The summed E-state index contributed by atoms with van der Waals surface area (Å²) in [5.74, 6) is 0.0143. The summed E-state index contributed by atoms with van der Waals surface area (Å²) in [5.41, 5.74) is 4.36. The molecule has 1 aliphatic heterocycles. The van der Waals surface area contributed by atoms with Gasteiger partial charge in [0.15, 0.2) is 0 Å². The van der Waals surface area contributed by atoms with Gasteiger partial charge in [0.25, 0.3) is 0 Å². The van der Waals surface area contributed by atoms with Gasteiger partial charge in [0.2, 0.25) is 0 Å². The Labute approximate surface area is 283 Å². The molecule has 242 valence electrons. The Kier molecular flexibility index (Phi) is 9.24. The zero-order chi connectivity index (χ0) is 33.3. The molecular weight excluding hydrogens is 638 g/mol. The molecule has 3 heterocycles. The van der Waals surface area contributed by atoms with Crippen molar-refractivity contribution in [2.75, 3.05) is 30.8 Å². The molecule has 3 aromatic carbocycles. The zero-order valence-corrected chi connectivity index (χ0v) is 28.1. The Morgan fingerprint density at radius 1 is 1.06 bits per heavy atom. The first-order valence-corrected chi connectivity index (χ1v) is 16.1. The number of likely N-dealkylation sites (tertiary alicyclic amines) is 1. The summed E-state index contributed by atoms with van der Waals surface area (Å²) in [6.45, 7) is 8.74. The summed E-state index contributed by atoms with van der Waals surface area (Å²) in [7, 11) is 1.59. The number of piperidine rings is 1. The number of hydrogen-bond donors (Lipinski definition) is 2. The van der Waals surface area contributed by atoms with Gasteiger partial charge in [-0.05, 0) is 75.6 Å². The fourth-order valence-corrected chi connectivity index (χ4v) is 6.29. The lowest BCUT2D eigenvalue weighted by Crippen LogP contribution is -2.46. The zero-order valence-electron chi connectivity index (χ0n) is 26.6. The van der Waals surface area contributed by atoms with Gasteiger partial charge < -0.3 is 15.4 Å². The summed E-state index contributed by atoms with van der Waals surface area (Å²) in [5, 5.41) is 27.3. The molecule has 0 unspecified atom stereocenters. The largest absolute Gasteiger partial charge is 0.495 e. The van der Waals surface area contributed by atoms with E-state index in [1.807, 2.05) is 41.2 Å². The minimum absolute atomic E-state index is 0.0329. The fraction of sp³-hybridized carbons (Fsp3) is 0.314. The van der Waals surface area contributed by atoms with Gasteiger partial charge >= 0.3 is 0 Å². The van der Waals surface area contributed by atoms with E-state index < -0.39 is 11.9 Å². The number of fused-ring (bicyclic) bond motifs is 1. The van der Waals surface area contributed by atoms with E-state index in [0.29, 0.717) is 44.3 Å². The molecule has 0 bridgehead atoms. The van der Waals surface area contributed by atoms with Crippen molar-refractivity contribution < 1.29 is 9.13 Å². The van der Waals surface area contributed by atoms with Crippen LogP contribution in [-0.4, -0.2) is 50.6 Å². The van der Waals surface area contributed by atoms with Crippen LogP contribution in [0.25, 0.3) is 10.9 Å². The first-order chi connectivity index (χ1) is 22.5. The van der Waals surface area contributed by atoms with E-state index in [4.69, 9.17) is 27.9 Å². The minimum atomic E-state index is -0.533. The van der Waals surface area contributed by atoms with Crippen LogP contribution in [0, 0.1) is 17.1 Å². The fourth-order valence-electron chi connectivity index (χ4n) is 5.98. The van der Waals surface area contributed by atoms with Crippen LogP contribution < -0.4 is 15.4 Å². The Morgan fingerprint density at radius 2 is 1.81 bits per heavy atom. The van der Waals surface area contributed by atoms with E-state index in [2.05, 4.69) is 57.7 Å². The van der Waals surface area contributed by atoms with Crippen molar-refractivity contribution in [2.45, 2.75) is 51.2 Å². The van der Waals surface area contributed by atoms with Crippen LogP contribution in [0.3, 0.4) is 0 Å². The molecule has 1 atom stereocenters. The number of hydrogen-bond acceptors (Lipinski definition) is 8. The van der Waals surface area contributed by atoms with Crippen molar-refractivity contribution in [1.29, 1.82) is 5.26 Å². The van der Waals surface area contributed by atoms with Gasteiger partial charge in [-0.3, -0.25) is 9.88 Å². The van der Waals surface area contributed by atoms with Gasteiger partial charge in [-0.1, -0.05) is 40.5 Å². The quantitative estimate of drug-likeness (QED) is 0.169. The molecule has 1 fully saturated rings. The molecule has 0 amide bonds. The van der Waals surface area contributed by atoms with E-state index in [0.717, 1.165) is 37.2 Å². The van der Waals surface area contributed by atoms with Gasteiger partial charge in [-0.2, -0.15) is 5.26 Å². The summed E-state index contributed by atoms with van der Waals surface area (Å²) in [4.78, 5) is 7.02. The molecule has 9 nitrogen and oxygen atoms in total. The van der Waals surface area contributed by atoms with E-state index in [-0.39, 0.29) is 16.6 Å². The number of ether oxygens (including phenoxy) is 1. The maximum Gasteiger partial charge on any atom is 0.144 e. The maximum atomic E-state index is 13.9. The molecule has 2 N–H and O–H groups in total. The van der Waals surface area contributed by atoms with Crippen LogP contribution in [0.5, 0.6) is 5.75 Å². The van der Waals surface area contributed by atoms with Crippen LogP contribution in [0.4, 0.5) is 21.5 Å². The van der Waals surface area contributed by atoms with E-state index in [1.54, 1.807) is 19.2 Å².